The maximum absolute atomic E-state index is 10.8. The Balaban J connectivity index is 2.27. The lowest BCUT2D eigenvalue weighted by Gasteiger charge is -2.26. The van der Waals surface area contributed by atoms with Crippen LogP contribution in [0.4, 0.5) is 0 Å². The molecule has 0 spiro atoms. The molecule has 1 atom stereocenters. The van der Waals surface area contributed by atoms with Crippen LogP contribution in [0, 0.1) is 5.92 Å². The molecule has 1 saturated heterocycles. The van der Waals surface area contributed by atoms with E-state index in [0.717, 1.165) is 13.0 Å². The molecule has 4 heteroatoms. The van der Waals surface area contributed by atoms with E-state index in [4.69, 9.17) is 9.94 Å². The molecular formula is C8H15NO3. The first-order chi connectivity index (χ1) is 5.72. The summed E-state index contributed by atoms with van der Waals surface area (Å²) in [5, 5.41) is 10.4. The Kier molecular flexibility index (Phi) is 3.49. The van der Waals surface area contributed by atoms with Crippen LogP contribution in [0.15, 0.2) is 0 Å². The van der Waals surface area contributed by atoms with Crippen LogP contribution < -0.4 is 0 Å². The van der Waals surface area contributed by atoms with Gasteiger partial charge in [-0.25, -0.2) is 0 Å². The average Bonchev–Trinajstić information content (AvgIpc) is 2.04. The van der Waals surface area contributed by atoms with Gasteiger partial charge in [0.2, 0.25) is 0 Å². The smallest absolute Gasteiger partial charge is 0.325 e. The third-order valence-electron chi connectivity index (χ3n) is 1.85. The third-order valence-corrected chi connectivity index (χ3v) is 1.85. The zero-order valence-corrected chi connectivity index (χ0v) is 7.32. The Labute approximate surface area is 72.1 Å². The summed E-state index contributed by atoms with van der Waals surface area (Å²) in [5.74, 6) is 0.00212. The summed E-state index contributed by atoms with van der Waals surface area (Å²) >= 11 is 0. The number of carbonyl (C=O) groups is 1. The van der Waals surface area contributed by atoms with Crippen LogP contribution >= 0.6 is 0 Å². The standard InChI is InChI=1S/C8H15NO3/c1-7(6-10)5-9-4-2-3-8(11)12-9/h7,10H,2-6H2,1H3. The molecule has 1 unspecified atom stereocenters. The molecule has 1 aliphatic heterocycles. The van der Waals surface area contributed by atoms with Gasteiger partial charge in [0.25, 0.3) is 0 Å². The molecule has 70 valence electrons. The number of aliphatic hydroxyl groups is 1. The monoisotopic (exact) mass is 173 g/mol. The van der Waals surface area contributed by atoms with E-state index in [-0.39, 0.29) is 18.5 Å². The molecule has 0 radical (unpaired) electrons. The Hall–Kier alpha value is -0.610. The van der Waals surface area contributed by atoms with E-state index < -0.39 is 0 Å². The lowest BCUT2D eigenvalue weighted by atomic mass is 10.2. The second-order valence-corrected chi connectivity index (χ2v) is 3.24. The number of carbonyl (C=O) groups excluding carboxylic acids is 1. The first-order valence-electron chi connectivity index (χ1n) is 4.29. The Morgan fingerprint density at radius 2 is 2.50 bits per heavy atom. The van der Waals surface area contributed by atoms with E-state index in [1.165, 1.54) is 0 Å². The van der Waals surface area contributed by atoms with Crippen molar-refractivity contribution in [3.8, 4) is 0 Å². The molecular weight excluding hydrogens is 158 g/mol. The predicted molar refractivity (Wildman–Crippen MR) is 43.1 cm³/mol. The molecule has 1 heterocycles. The topological polar surface area (TPSA) is 49.8 Å². The van der Waals surface area contributed by atoms with Crippen LogP contribution in [0.2, 0.25) is 0 Å². The van der Waals surface area contributed by atoms with E-state index in [2.05, 4.69) is 0 Å². The van der Waals surface area contributed by atoms with Crippen molar-refractivity contribution >= 4 is 5.97 Å². The number of aliphatic hydroxyl groups excluding tert-OH is 1. The van der Waals surface area contributed by atoms with Gasteiger partial charge in [0.05, 0.1) is 0 Å². The summed E-state index contributed by atoms with van der Waals surface area (Å²) < 4.78 is 0. The maximum atomic E-state index is 10.8. The quantitative estimate of drug-likeness (QED) is 0.661. The minimum atomic E-state index is -0.161. The fourth-order valence-electron chi connectivity index (χ4n) is 1.17. The predicted octanol–water partition coefficient (Wildman–Crippen LogP) is 0.169. The summed E-state index contributed by atoms with van der Waals surface area (Å²) in [5.41, 5.74) is 0. The number of hydrogen-bond acceptors (Lipinski definition) is 4. The highest BCUT2D eigenvalue weighted by atomic mass is 16.7. The molecule has 4 nitrogen and oxygen atoms in total. The van der Waals surface area contributed by atoms with Crippen LogP contribution in [-0.4, -0.2) is 35.8 Å². The van der Waals surface area contributed by atoms with Crippen molar-refractivity contribution in [2.75, 3.05) is 19.7 Å². The second kappa shape index (κ2) is 4.42. The largest absolute Gasteiger partial charge is 0.396 e. The van der Waals surface area contributed by atoms with Gasteiger partial charge in [-0.3, -0.25) is 4.79 Å². The van der Waals surface area contributed by atoms with Gasteiger partial charge in [0, 0.05) is 26.1 Å². The highest BCUT2D eigenvalue weighted by Crippen LogP contribution is 2.09. The molecule has 1 fully saturated rings. The molecule has 0 saturated carbocycles. The molecule has 0 amide bonds. The molecule has 1 rings (SSSR count). The van der Waals surface area contributed by atoms with Gasteiger partial charge in [0.15, 0.2) is 0 Å². The van der Waals surface area contributed by atoms with Crippen molar-refractivity contribution in [1.82, 2.24) is 5.06 Å². The Morgan fingerprint density at radius 1 is 1.75 bits per heavy atom. The minimum absolute atomic E-state index is 0.133. The van der Waals surface area contributed by atoms with Gasteiger partial charge in [-0.1, -0.05) is 6.92 Å². The van der Waals surface area contributed by atoms with Crippen molar-refractivity contribution in [2.45, 2.75) is 19.8 Å². The van der Waals surface area contributed by atoms with Crippen molar-refractivity contribution < 1.29 is 14.7 Å². The van der Waals surface area contributed by atoms with Crippen molar-refractivity contribution in [1.29, 1.82) is 0 Å². The molecule has 1 aliphatic rings. The zero-order valence-electron chi connectivity index (χ0n) is 7.32. The van der Waals surface area contributed by atoms with Crippen LogP contribution in [0.25, 0.3) is 0 Å². The SMILES string of the molecule is CC(CO)CN1CCCC(=O)O1. The molecule has 0 aromatic rings. The summed E-state index contributed by atoms with van der Waals surface area (Å²) in [6, 6.07) is 0. The number of hydrogen-bond donors (Lipinski definition) is 1. The van der Waals surface area contributed by atoms with Crippen LogP contribution in [0.5, 0.6) is 0 Å². The summed E-state index contributed by atoms with van der Waals surface area (Å²) in [7, 11) is 0. The first-order valence-corrected chi connectivity index (χ1v) is 4.29. The van der Waals surface area contributed by atoms with Gasteiger partial charge in [0.1, 0.15) is 0 Å². The first kappa shape index (κ1) is 9.48. The van der Waals surface area contributed by atoms with E-state index in [1.807, 2.05) is 6.92 Å². The van der Waals surface area contributed by atoms with Gasteiger partial charge in [-0.05, 0) is 12.3 Å². The minimum Gasteiger partial charge on any atom is -0.396 e. The second-order valence-electron chi connectivity index (χ2n) is 3.24. The van der Waals surface area contributed by atoms with Crippen LogP contribution in [0.1, 0.15) is 19.8 Å². The van der Waals surface area contributed by atoms with Crippen molar-refractivity contribution in [3.63, 3.8) is 0 Å². The molecule has 12 heavy (non-hydrogen) atoms. The number of rotatable bonds is 3. The van der Waals surface area contributed by atoms with Gasteiger partial charge in [-0.15, -0.1) is 5.06 Å². The fourth-order valence-corrected chi connectivity index (χ4v) is 1.17. The molecule has 0 aromatic carbocycles. The maximum Gasteiger partial charge on any atom is 0.325 e. The van der Waals surface area contributed by atoms with Crippen LogP contribution in [-0.2, 0) is 9.63 Å². The molecule has 1 N–H and O–H groups in total. The summed E-state index contributed by atoms with van der Waals surface area (Å²) in [6.45, 7) is 3.47. The van der Waals surface area contributed by atoms with E-state index in [9.17, 15) is 4.79 Å². The van der Waals surface area contributed by atoms with E-state index in [1.54, 1.807) is 5.06 Å². The van der Waals surface area contributed by atoms with Gasteiger partial charge < -0.3 is 9.94 Å². The average molecular weight is 173 g/mol. The third kappa shape index (κ3) is 2.79. The number of hydroxylamine groups is 2. The van der Waals surface area contributed by atoms with E-state index in [0.29, 0.717) is 13.0 Å². The van der Waals surface area contributed by atoms with Gasteiger partial charge >= 0.3 is 5.97 Å². The number of nitrogens with zero attached hydrogens (tertiary/aromatic N) is 1. The molecule has 0 aromatic heterocycles. The lowest BCUT2D eigenvalue weighted by Crippen LogP contribution is -2.36. The molecule has 0 aliphatic carbocycles. The Morgan fingerprint density at radius 3 is 3.08 bits per heavy atom. The van der Waals surface area contributed by atoms with E-state index >= 15 is 0 Å². The normalized spacial score (nSPS) is 22.0. The highest BCUT2D eigenvalue weighted by molar-refractivity contribution is 5.69. The fraction of sp³-hybridized carbons (Fsp3) is 0.875. The van der Waals surface area contributed by atoms with Crippen LogP contribution in [0.3, 0.4) is 0 Å². The Bertz CT molecular complexity index is 160. The molecule has 0 bridgehead atoms. The lowest BCUT2D eigenvalue weighted by molar-refractivity contribution is -0.203. The summed E-state index contributed by atoms with van der Waals surface area (Å²) in [6.07, 6.45) is 1.38. The van der Waals surface area contributed by atoms with Gasteiger partial charge in [-0.2, -0.15) is 0 Å². The highest BCUT2D eigenvalue weighted by Gasteiger charge is 2.19. The van der Waals surface area contributed by atoms with Crippen molar-refractivity contribution in [2.24, 2.45) is 5.92 Å². The summed E-state index contributed by atoms with van der Waals surface area (Å²) in [4.78, 5) is 15.8. The zero-order chi connectivity index (χ0) is 8.97. The van der Waals surface area contributed by atoms with Crippen molar-refractivity contribution in [3.05, 3.63) is 0 Å².